The average Bonchev–Trinajstić information content (AvgIpc) is 2.74. The van der Waals surface area contributed by atoms with E-state index in [1.54, 1.807) is 11.3 Å². The van der Waals surface area contributed by atoms with E-state index in [9.17, 15) is 0 Å². The molecule has 0 spiro atoms. The van der Waals surface area contributed by atoms with Gasteiger partial charge in [-0.05, 0) is 28.8 Å². The number of hydrogen-bond donors (Lipinski definition) is 0. The molecule has 1 aliphatic rings. The highest BCUT2D eigenvalue weighted by Crippen LogP contribution is 2.26. The topological polar surface area (TPSA) is 12.5 Å². The van der Waals surface area contributed by atoms with Crippen LogP contribution in [0.5, 0.6) is 0 Å². The molecular formula is C11H17NOS. The maximum Gasteiger partial charge on any atom is 0.0594 e. The number of thiophene rings is 1. The number of hydrogen-bond acceptors (Lipinski definition) is 3. The third-order valence-corrected chi connectivity index (χ3v) is 3.50. The number of morpholine rings is 1. The molecule has 2 heterocycles. The van der Waals surface area contributed by atoms with Crippen molar-refractivity contribution in [2.75, 3.05) is 26.3 Å². The van der Waals surface area contributed by atoms with Crippen LogP contribution in [0.2, 0.25) is 0 Å². The van der Waals surface area contributed by atoms with Gasteiger partial charge in [-0.3, -0.25) is 4.90 Å². The van der Waals surface area contributed by atoms with Gasteiger partial charge in [-0.15, -0.1) is 0 Å². The van der Waals surface area contributed by atoms with Crippen molar-refractivity contribution in [1.82, 2.24) is 4.90 Å². The number of rotatable bonds is 3. The van der Waals surface area contributed by atoms with Gasteiger partial charge in [-0.2, -0.15) is 11.3 Å². The molecule has 0 amide bonds. The van der Waals surface area contributed by atoms with Crippen molar-refractivity contribution in [3.8, 4) is 0 Å². The summed E-state index contributed by atoms with van der Waals surface area (Å²) in [4.78, 5) is 2.53. The van der Waals surface area contributed by atoms with Crippen LogP contribution in [0.3, 0.4) is 0 Å². The van der Waals surface area contributed by atoms with E-state index in [1.165, 1.54) is 12.0 Å². The second kappa shape index (κ2) is 4.91. The van der Waals surface area contributed by atoms with Crippen LogP contribution in [0.15, 0.2) is 16.8 Å². The molecule has 2 nitrogen and oxygen atoms in total. The summed E-state index contributed by atoms with van der Waals surface area (Å²) in [6.45, 7) is 6.20. The first kappa shape index (κ1) is 10.1. The van der Waals surface area contributed by atoms with Crippen molar-refractivity contribution in [3.63, 3.8) is 0 Å². The number of ether oxygens (including phenoxy) is 1. The Morgan fingerprint density at radius 3 is 2.86 bits per heavy atom. The molecule has 0 aliphatic carbocycles. The van der Waals surface area contributed by atoms with E-state index >= 15 is 0 Å². The lowest BCUT2D eigenvalue weighted by Crippen LogP contribution is -2.38. The average molecular weight is 211 g/mol. The second-order valence-corrected chi connectivity index (χ2v) is 4.41. The van der Waals surface area contributed by atoms with E-state index < -0.39 is 0 Å². The Kier molecular flexibility index (Phi) is 3.56. The Labute approximate surface area is 89.5 Å². The maximum atomic E-state index is 5.37. The fourth-order valence-electron chi connectivity index (χ4n) is 2.06. The molecule has 1 fully saturated rings. The van der Waals surface area contributed by atoms with Gasteiger partial charge in [0, 0.05) is 19.1 Å². The highest BCUT2D eigenvalue weighted by molar-refractivity contribution is 7.07. The van der Waals surface area contributed by atoms with Crippen molar-refractivity contribution < 1.29 is 4.74 Å². The summed E-state index contributed by atoms with van der Waals surface area (Å²) in [6.07, 6.45) is 1.19. The van der Waals surface area contributed by atoms with Crippen molar-refractivity contribution in [1.29, 1.82) is 0 Å². The first-order valence-corrected chi connectivity index (χ1v) is 6.20. The van der Waals surface area contributed by atoms with Gasteiger partial charge in [-0.25, -0.2) is 0 Å². The Morgan fingerprint density at radius 2 is 2.29 bits per heavy atom. The third-order valence-electron chi connectivity index (χ3n) is 2.80. The Balaban J connectivity index is 2.04. The fourth-order valence-corrected chi connectivity index (χ4v) is 2.77. The summed E-state index contributed by atoms with van der Waals surface area (Å²) in [6, 6.07) is 2.85. The van der Waals surface area contributed by atoms with Crippen LogP contribution < -0.4 is 0 Å². The van der Waals surface area contributed by atoms with Gasteiger partial charge in [-0.1, -0.05) is 6.92 Å². The zero-order chi connectivity index (χ0) is 9.80. The molecule has 78 valence electrons. The maximum absolute atomic E-state index is 5.37. The largest absolute Gasteiger partial charge is 0.379 e. The lowest BCUT2D eigenvalue weighted by atomic mass is 10.1. The van der Waals surface area contributed by atoms with Gasteiger partial charge in [0.1, 0.15) is 0 Å². The summed E-state index contributed by atoms with van der Waals surface area (Å²) in [7, 11) is 0. The van der Waals surface area contributed by atoms with E-state index in [0.717, 1.165) is 26.3 Å². The highest BCUT2D eigenvalue weighted by atomic mass is 32.1. The van der Waals surface area contributed by atoms with Crippen LogP contribution in [0.25, 0.3) is 0 Å². The smallest absolute Gasteiger partial charge is 0.0594 e. The van der Waals surface area contributed by atoms with E-state index in [4.69, 9.17) is 4.74 Å². The van der Waals surface area contributed by atoms with E-state index in [-0.39, 0.29) is 0 Å². The Morgan fingerprint density at radius 1 is 1.50 bits per heavy atom. The van der Waals surface area contributed by atoms with Crippen LogP contribution in [-0.2, 0) is 4.74 Å². The summed E-state index contributed by atoms with van der Waals surface area (Å²) in [5.41, 5.74) is 1.47. The minimum atomic E-state index is 0.602. The number of nitrogens with zero attached hydrogens (tertiary/aromatic N) is 1. The predicted octanol–water partition coefficient (Wildman–Crippen LogP) is 2.53. The van der Waals surface area contributed by atoms with Gasteiger partial charge in [0.2, 0.25) is 0 Å². The van der Waals surface area contributed by atoms with Gasteiger partial charge in [0.25, 0.3) is 0 Å². The fraction of sp³-hybridized carbons (Fsp3) is 0.636. The lowest BCUT2D eigenvalue weighted by molar-refractivity contribution is 0.0153. The molecule has 1 aliphatic heterocycles. The summed E-state index contributed by atoms with van der Waals surface area (Å²) >= 11 is 1.79. The molecule has 1 saturated heterocycles. The first-order chi connectivity index (χ1) is 6.92. The summed E-state index contributed by atoms with van der Waals surface area (Å²) in [5.74, 6) is 0. The standard InChI is InChI=1S/C11H17NOS/c1-2-11(10-3-8-14-9-10)12-4-6-13-7-5-12/h3,8-9,11H,2,4-7H2,1H3/t11-/m0/s1. The molecule has 0 radical (unpaired) electrons. The molecule has 2 rings (SSSR count). The molecule has 0 N–H and O–H groups in total. The summed E-state index contributed by atoms with van der Waals surface area (Å²) < 4.78 is 5.37. The van der Waals surface area contributed by atoms with Crippen LogP contribution in [0, 0.1) is 0 Å². The minimum absolute atomic E-state index is 0.602. The van der Waals surface area contributed by atoms with Crippen molar-refractivity contribution in [2.45, 2.75) is 19.4 Å². The molecule has 3 heteroatoms. The zero-order valence-corrected chi connectivity index (χ0v) is 9.43. The van der Waals surface area contributed by atoms with E-state index in [2.05, 4.69) is 28.7 Å². The molecule has 0 bridgehead atoms. The predicted molar refractivity (Wildman–Crippen MR) is 59.7 cm³/mol. The van der Waals surface area contributed by atoms with Crippen LogP contribution >= 0.6 is 11.3 Å². The Hall–Kier alpha value is -0.380. The zero-order valence-electron chi connectivity index (χ0n) is 8.61. The molecule has 1 aromatic heterocycles. The minimum Gasteiger partial charge on any atom is -0.379 e. The van der Waals surface area contributed by atoms with Crippen molar-refractivity contribution >= 4 is 11.3 Å². The van der Waals surface area contributed by atoms with Crippen LogP contribution in [0.1, 0.15) is 24.9 Å². The molecular weight excluding hydrogens is 194 g/mol. The SMILES string of the molecule is CC[C@@H](c1ccsc1)N1CCOCC1. The lowest BCUT2D eigenvalue weighted by Gasteiger charge is -2.33. The van der Waals surface area contributed by atoms with Crippen molar-refractivity contribution in [2.24, 2.45) is 0 Å². The Bertz CT molecular complexity index is 254. The molecule has 1 aromatic rings. The van der Waals surface area contributed by atoms with Crippen LogP contribution in [-0.4, -0.2) is 31.2 Å². The van der Waals surface area contributed by atoms with E-state index in [0.29, 0.717) is 6.04 Å². The third kappa shape index (κ3) is 2.16. The first-order valence-electron chi connectivity index (χ1n) is 5.25. The van der Waals surface area contributed by atoms with E-state index in [1.807, 2.05) is 0 Å². The molecule has 14 heavy (non-hydrogen) atoms. The molecule has 0 unspecified atom stereocenters. The summed E-state index contributed by atoms with van der Waals surface area (Å²) in [5, 5.41) is 4.43. The molecule has 1 atom stereocenters. The van der Waals surface area contributed by atoms with Crippen LogP contribution in [0.4, 0.5) is 0 Å². The highest BCUT2D eigenvalue weighted by Gasteiger charge is 2.20. The quantitative estimate of drug-likeness (QED) is 0.762. The van der Waals surface area contributed by atoms with Gasteiger partial charge in [0.05, 0.1) is 13.2 Å². The van der Waals surface area contributed by atoms with Crippen molar-refractivity contribution in [3.05, 3.63) is 22.4 Å². The second-order valence-electron chi connectivity index (χ2n) is 3.63. The van der Waals surface area contributed by atoms with Gasteiger partial charge >= 0.3 is 0 Å². The normalized spacial score (nSPS) is 20.9. The van der Waals surface area contributed by atoms with Gasteiger partial charge in [0.15, 0.2) is 0 Å². The monoisotopic (exact) mass is 211 g/mol. The molecule has 0 saturated carbocycles. The molecule has 0 aromatic carbocycles. The van der Waals surface area contributed by atoms with Gasteiger partial charge < -0.3 is 4.74 Å².